The van der Waals surface area contributed by atoms with E-state index < -0.39 is 11.9 Å². The number of ether oxygens (including phenoxy) is 1. The molecule has 5 nitrogen and oxygen atoms in total. The molecule has 0 amide bonds. The molecule has 0 bridgehead atoms. The summed E-state index contributed by atoms with van der Waals surface area (Å²) in [4.78, 5) is 7.72. The zero-order valence-electron chi connectivity index (χ0n) is 15.0. The average molecular weight is 514 g/mol. The molecular formula is C17H22F3IN4OS. The lowest BCUT2D eigenvalue weighted by Crippen LogP contribution is -2.37. The Morgan fingerprint density at radius 2 is 2.00 bits per heavy atom. The summed E-state index contributed by atoms with van der Waals surface area (Å²) in [6.07, 6.45) is -4.01. The quantitative estimate of drug-likeness (QED) is 0.332. The molecule has 0 aliphatic carbocycles. The fourth-order valence-corrected chi connectivity index (χ4v) is 2.99. The highest BCUT2D eigenvalue weighted by Crippen LogP contribution is 2.30. The van der Waals surface area contributed by atoms with E-state index in [0.717, 1.165) is 28.0 Å². The Morgan fingerprint density at radius 3 is 2.63 bits per heavy atom. The first-order chi connectivity index (χ1) is 12.4. The van der Waals surface area contributed by atoms with Gasteiger partial charge in [-0.3, -0.25) is 4.99 Å². The molecule has 1 aromatic heterocycles. The van der Waals surface area contributed by atoms with E-state index in [1.54, 1.807) is 7.05 Å². The Balaban J connectivity index is 0.00000364. The van der Waals surface area contributed by atoms with E-state index in [2.05, 4.69) is 20.6 Å². The van der Waals surface area contributed by atoms with Crippen LogP contribution in [0.15, 0.2) is 34.6 Å². The summed E-state index contributed by atoms with van der Waals surface area (Å²) < 4.78 is 43.2. The van der Waals surface area contributed by atoms with Crippen LogP contribution in [0.3, 0.4) is 0 Å². The molecule has 0 aliphatic rings. The minimum Gasteiger partial charge on any atom is -0.494 e. The molecule has 2 rings (SSSR count). The molecule has 0 fully saturated rings. The van der Waals surface area contributed by atoms with Gasteiger partial charge in [0.25, 0.3) is 0 Å². The van der Waals surface area contributed by atoms with Crippen molar-refractivity contribution in [1.82, 2.24) is 15.6 Å². The molecule has 0 radical (unpaired) electrons. The summed E-state index contributed by atoms with van der Waals surface area (Å²) in [5.74, 6) is 1.37. The molecule has 0 saturated carbocycles. The second-order valence-electron chi connectivity index (χ2n) is 5.27. The van der Waals surface area contributed by atoms with Crippen LogP contribution >= 0.6 is 35.3 Å². The van der Waals surface area contributed by atoms with Gasteiger partial charge in [0.1, 0.15) is 5.75 Å². The summed E-state index contributed by atoms with van der Waals surface area (Å²) in [5, 5.41) is 7.70. The third-order valence-electron chi connectivity index (χ3n) is 3.42. The average Bonchev–Trinajstić information content (AvgIpc) is 3.08. The van der Waals surface area contributed by atoms with Crippen LogP contribution in [0.4, 0.5) is 13.2 Å². The minimum atomic E-state index is -4.40. The van der Waals surface area contributed by atoms with Crippen molar-refractivity contribution in [2.24, 2.45) is 4.99 Å². The van der Waals surface area contributed by atoms with Gasteiger partial charge in [0.2, 0.25) is 0 Å². The lowest BCUT2D eigenvalue weighted by atomic mass is 10.2. The van der Waals surface area contributed by atoms with Crippen LogP contribution in [0, 0.1) is 0 Å². The van der Waals surface area contributed by atoms with E-state index in [1.165, 1.54) is 0 Å². The Morgan fingerprint density at radius 1 is 1.26 bits per heavy atom. The second-order valence-corrected chi connectivity index (χ2v) is 6.21. The molecule has 0 aliphatic heterocycles. The summed E-state index contributed by atoms with van der Waals surface area (Å²) in [6, 6.07) is 7.69. The topological polar surface area (TPSA) is 58.5 Å². The lowest BCUT2D eigenvalue weighted by Gasteiger charge is -2.14. The standard InChI is InChI=1S/C17H21F3N4OS.HI/c1-3-25-13-7-5-4-6-12(13)10-23-16(21-2)22-9-8-15-24-14(11-26-15)17(18,19)20;/h4-7,11H,3,8-10H2,1-2H3,(H2,21,22,23);1H. The first kappa shape index (κ1) is 23.5. The molecule has 0 unspecified atom stereocenters. The molecule has 10 heteroatoms. The fourth-order valence-electron chi connectivity index (χ4n) is 2.19. The molecule has 150 valence electrons. The molecule has 0 spiro atoms. The van der Waals surface area contributed by atoms with Crippen LogP contribution < -0.4 is 15.4 Å². The number of guanidine groups is 1. The zero-order chi connectivity index (χ0) is 19.0. The monoisotopic (exact) mass is 514 g/mol. The molecule has 1 heterocycles. The van der Waals surface area contributed by atoms with Gasteiger partial charge in [-0.05, 0) is 13.0 Å². The van der Waals surface area contributed by atoms with Crippen molar-refractivity contribution in [1.29, 1.82) is 0 Å². The largest absolute Gasteiger partial charge is 0.494 e. The Bertz CT molecular complexity index is 737. The van der Waals surface area contributed by atoms with Gasteiger partial charge in [0, 0.05) is 37.5 Å². The highest BCUT2D eigenvalue weighted by molar-refractivity contribution is 14.0. The summed E-state index contributed by atoms with van der Waals surface area (Å²) in [6.45, 7) is 3.45. The van der Waals surface area contributed by atoms with Gasteiger partial charge < -0.3 is 15.4 Å². The van der Waals surface area contributed by atoms with Gasteiger partial charge in [-0.1, -0.05) is 18.2 Å². The van der Waals surface area contributed by atoms with Crippen molar-refractivity contribution in [2.45, 2.75) is 26.1 Å². The third kappa shape index (κ3) is 7.53. The van der Waals surface area contributed by atoms with E-state index in [4.69, 9.17) is 4.74 Å². The van der Waals surface area contributed by atoms with Crippen molar-refractivity contribution in [2.75, 3.05) is 20.2 Å². The van der Waals surface area contributed by atoms with Crippen LogP contribution in [-0.4, -0.2) is 31.1 Å². The molecule has 1 aromatic carbocycles. The van der Waals surface area contributed by atoms with Gasteiger partial charge >= 0.3 is 6.18 Å². The normalized spacial score (nSPS) is 11.7. The van der Waals surface area contributed by atoms with E-state index in [-0.39, 0.29) is 24.0 Å². The minimum absolute atomic E-state index is 0. The highest BCUT2D eigenvalue weighted by atomic mass is 127. The molecule has 27 heavy (non-hydrogen) atoms. The van der Waals surface area contributed by atoms with E-state index in [1.807, 2.05) is 31.2 Å². The number of benzene rings is 1. The molecular weight excluding hydrogens is 492 g/mol. The second kappa shape index (κ2) is 11.3. The van der Waals surface area contributed by atoms with E-state index >= 15 is 0 Å². The van der Waals surface area contributed by atoms with Crippen molar-refractivity contribution in [3.63, 3.8) is 0 Å². The van der Waals surface area contributed by atoms with Gasteiger partial charge in [-0.25, -0.2) is 4.98 Å². The van der Waals surface area contributed by atoms with Crippen LogP contribution in [-0.2, 0) is 19.1 Å². The number of thiazole rings is 1. The van der Waals surface area contributed by atoms with Crippen molar-refractivity contribution < 1.29 is 17.9 Å². The molecule has 2 aromatic rings. The highest BCUT2D eigenvalue weighted by Gasteiger charge is 2.33. The molecule has 2 N–H and O–H groups in total. The number of para-hydroxylation sites is 1. The number of nitrogens with one attached hydrogen (secondary N) is 2. The number of halogens is 4. The summed E-state index contributed by atoms with van der Waals surface area (Å²) in [5.41, 5.74) is 0.152. The Hall–Kier alpha value is -1.56. The third-order valence-corrected chi connectivity index (χ3v) is 4.32. The van der Waals surface area contributed by atoms with Gasteiger partial charge in [-0.15, -0.1) is 35.3 Å². The Labute approximate surface area is 177 Å². The number of rotatable bonds is 7. The maximum Gasteiger partial charge on any atom is 0.434 e. The number of hydrogen-bond donors (Lipinski definition) is 2. The first-order valence-corrected chi connectivity index (χ1v) is 8.98. The predicted molar refractivity (Wildman–Crippen MR) is 112 cm³/mol. The number of aromatic nitrogens is 1. The smallest absolute Gasteiger partial charge is 0.434 e. The maximum atomic E-state index is 12.5. The van der Waals surface area contributed by atoms with Crippen LogP contribution in [0.25, 0.3) is 0 Å². The van der Waals surface area contributed by atoms with Crippen LogP contribution in [0.5, 0.6) is 5.75 Å². The fraction of sp³-hybridized carbons (Fsp3) is 0.412. The number of alkyl halides is 3. The molecule has 0 atom stereocenters. The Kier molecular flexibility index (Phi) is 9.84. The van der Waals surface area contributed by atoms with Crippen molar-refractivity contribution in [3.8, 4) is 5.75 Å². The summed E-state index contributed by atoms with van der Waals surface area (Å²) in [7, 11) is 1.63. The van der Waals surface area contributed by atoms with Gasteiger partial charge in [0.15, 0.2) is 11.7 Å². The van der Waals surface area contributed by atoms with E-state index in [0.29, 0.717) is 37.1 Å². The maximum absolute atomic E-state index is 12.5. The SMILES string of the molecule is CCOc1ccccc1CNC(=NC)NCCc1nc(C(F)(F)F)cs1.I. The van der Waals surface area contributed by atoms with Crippen LogP contribution in [0.2, 0.25) is 0 Å². The van der Waals surface area contributed by atoms with Gasteiger partial charge in [0.05, 0.1) is 11.6 Å². The summed E-state index contributed by atoms with van der Waals surface area (Å²) >= 11 is 1.01. The number of aliphatic imine (C=N–C) groups is 1. The number of hydrogen-bond acceptors (Lipinski definition) is 4. The van der Waals surface area contributed by atoms with E-state index in [9.17, 15) is 13.2 Å². The zero-order valence-corrected chi connectivity index (χ0v) is 18.1. The van der Waals surface area contributed by atoms with Crippen molar-refractivity contribution in [3.05, 3.63) is 45.9 Å². The molecule has 0 saturated heterocycles. The first-order valence-electron chi connectivity index (χ1n) is 8.10. The number of nitrogens with zero attached hydrogens (tertiary/aromatic N) is 2. The van der Waals surface area contributed by atoms with Crippen LogP contribution in [0.1, 0.15) is 23.2 Å². The lowest BCUT2D eigenvalue weighted by molar-refractivity contribution is -0.140. The predicted octanol–water partition coefficient (Wildman–Crippen LogP) is 4.09. The van der Waals surface area contributed by atoms with Gasteiger partial charge in [-0.2, -0.15) is 13.2 Å². The van der Waals surface area contributed by atoms with Crippen molar-refractivity contribution >= 4 is 41.3 Å².